The Balaban J connectivity index is 1.32. The molecule has 1 aliphatic carbocycles. The van der Waals surface area contributed by atoms with E-state index in [4.69, 9.17) is 52.1 Å². The summed E-state index contributed by atoms with van der Waals surface area (Å²) < 4.78 is 67.4. The van der Waals surface area contributed by atoms with Gasteiger partial charge in [-0.3, -0.25) is 0 Å². The molecule has 0 amide bonds. The van der Waals surface area contributed by atoms with Crippen molar-refractivity contribution in [2.24, 2.45) is 0 Å². The van der Waals surface area contributed by atoms with Crippen molar-refractivity contribution >= 4 is 0 Å². The van der Waals surface area contributed by atoms with Crippen LogP contribution in [0.15, 0.2) is 72.8 Å². The van der Waals surface area contributed by atoms with Gasteiger partial charge in [0.15, 0.2) is 0 Å². The molecule has 0 spiro atoms. The van der Waals surface area contributed by atoms with E-state index >= 15 is 0 Å². The Morgan fingerprint density at radius 1 is 0.211 bits per heavy atom. The molecule has 4 aromatic rings. The molecule has 57 heavy (non-hydrogen) atoms. The van der Waals surface area contributed by atoms with Crippen LogP contribution in [0.4, 0.5) is 0 Å². The zero-order valence-corrected chi connectivity index (χ0v) is 33.0. The molecular weight excluding hydrogens is 728 g/mol. The monoisotopic (exact) mass is 784 g/mol. The highest BCUT2D eigenvalue weighted by molar-refractivity contribution is 5.56. The topological polar surface area (TPSA) is 102 Å². The summed E-state index contributed by atoms with van der Waals surface area (Å²) in [5.74, 6) is 3.39. The van der Waals surface area contributed by atoms with Gasteiger partial charge in [-0.15, -0.1) is 0 Å². The van der Waals surface area contributed by atoms with E-state index in [1.165, 1.54) is 0 Å². The molecule has 2 aliphatic heterocycles. The standard InChI is InChI=1S/C46H56O11/c1-5-35-31-36-6-2-8-38-33-40-10-4-12-42-34-41-11-3-9-39(45(41)56-29-25-52-21-17-49-18-22-53-26-30-57-46(40)42)32-37(7-1)43(35)54-27-23-50-19-15-47-13-14-48-16-20-51-24-28-55-44(36)38/h1-12H,13-34H2. The molecule has 0 aromatic heterocycles. The second-order valence-electron chi connectivity index (χ2n) is 14.0. The van der Waals surface area contributed by atoms with Crippen molar-refractivity contribution in [2.45, 2.75) is 25.7 Å². The Morgan fingerprint density at radius 2 is 0.368 bits per heavy atom. The van der Waals surface area contributed by atoms with Crippen LogP contribution in [0.25, 0.3) is 0 Å². The molecule has 0 N–H and O–H groups in total. The van der Waals surface area contributed by atoms with Crippen LogP contribution >= 0.6 is 0 Å². The van der Waals surface area contributed by atoms with Gasteiger partial charge in [-0.2, -0.15) is 0 Å². The summed E-state index contributed by atoms with van der Waals surface area (Å²) in [5, 5.41) is 0. The van der Waals surface area contributed by atoms with Gasteiger partial charge in [-0.1, -0.05) is 72.8 Å². The molecule has 0 saturated carbocycles. The minimum atomic E-state index is 0.390. The van der Waals surface area contributed by atoms with E-state index in [2.05, 4.69) is 72.8 Å². The maximum Gasteiger partial charge on any atom is 0.126 e. The van der Waals surface area contributed by atoms with Gasteiger partial charge >= 0.3 is 0 Å². The Bertz CT molecular complexity index is 1700. The summed E-state index contributed by atoms with van der Waals surface area (Å²) in [6.45, 7) is 8.18. The van der Waals surface area contributed by atoms with Gasteiger partial charge in [0.2, 0.25) is 0 Å². The van der Waals surface area contributed by atoms with Gasteiger partial charge in [0.05, 0.1) is 92.5 Å². The molecule has 11 heteroatoms. The largest absolute Gasteiger partial charge is 0.491 e. The Hall–Kier alpha value is -4.20. The summed E-state index contributed by atoms with van der Waals surface area (Å²) in [6, 6.07) is 25.6. The van der Waals surface area contributed by atoms with Gasteiger partial charge in [0.25, 0.3) is 0 Å². The second-order valence-corrected chi connectivity index (χ2v) is 14.0. The highest BCUT2D eigenvalue weighted by Gasteiger charge is 2.22. The third-order valence-electron chi connectivity index (χ3n) is 9.99. The Morgan fingerprint density at radius 3 is 0.544 bits per heavy atom. The maximum absolute atomic E-state index is 6.68. The Labute approximate surface area is 336 Å². The highest BCUT2D eigenvalue weighted by atomic mass is 16.6. The summed E-state index contributed by atoms with van der Waals surface area (Å²) in [4.78, 5) is 0. The zero-order chi connectivity index (χ0) is 38.7. The van der Waals surface area contributed by atoms with Crippen LogP contribution in [0.2, 0.25) is 0 Å². The lowest BCUT2D eigenvalue weighted by Gasteiger charge is -2.23. The molecule has 3 aliphatic rings. The van der Waals surface area contributed by atoms with Crippen LogP contribution in [0, 0.1) is 0 Å². The van der Waals surface area contributed by atoms with Gasteiger partial charge in [0, 0.05) is 25.7 Å². The predicted molar refractivity (Wildman–Crippen MR) is 215 cm³/mol. The van der Waals surface area contributed by atoms with Crippen LogP contribution in [0.5, 0.6) is 23.0 Å². The number of benzene rings is 4. The fourth-order valence-corrected chi connectivity index (χ4v) is 7.34. The summed E-state index contributed by atoms with van der Waals surface area (Å²) >= 11 is 0. The third-order valence-corrected chi connectivity index (χ3v) is 9.99. The van der Waals surface area contributed by atoms with E-state index in [-0.39, 0.29) is 0 Å². The lowest BCUT2D eigenvalue weighted by atomic mass is 9.91. The molecule has 0 fully saturated rings. The average molecular weight is 785 g/mol. The molecule has 7 rings (SSSR count). The van der Waals surface area contributed by atoms with Crippen LogP contribution in [-0.4, -0.2) is 119 Å². The van der Waals surface area contributed by atoms with Crippen molar-refractivity contribution in [3.63, 3.8) is 0 Å². The summed E-state index contributed by atoms with van der Waals surface area (Å²) in [6.07, 6.45) is 2.40. The molecule has 0 atom stereocenters. The third kappa shape index (κ3) is 12.2. The molecule has 2 heterocycles. The minimum absolute atomic E-state index is 0.390. The van der Waals surface area contributed by atoms with Crippen LogP contribution in [0.1, 0.15) is 44.5 Å². The first kappa shape index (κ1) is 41.0. The van der Waals surface area contributed by atoms with Crippen LogP contribution < -0.4 is 18.9 Å². The quantitative estimate of drug-likeness (QED) is 0.184. The van der Waals surface area contributed by atoms with E-state index in [1.807, 2.05) is 0 Å². The number of rotatable bonds is 0. The second kappa shape index (κ2) is 22.7. The van der Waals surface area contributed by atoms with Crippen LogP contribution in [0.3, 0.4) is 0 Å². The average Bonchev–Trinajstić information content (AvgIpc) is 3.21. The first-order valence-electron chi connectivity index (χ1n) is 20.3. The molecule has 0 radical (unpaired) electrons. The normalized spacial score (nSPS) is 18.8. The molecule has 12 bridgehead atoms. The number of hydrogen-bond acceptors (Lipinski definition) is 11. The lowest BCUT2D eigenvalue weighted by Crippen LogP contribution is -2.16. The number of para-hydroxylation sites is 4. The van der Waals surface area contributed by atoms with Crippen molar-refractivity contribution < 1.29 is 52.1 Å². The fourth-order valence-electron chi connectivity index (χ4n) is 7.34. The van der Waals surface area contributed by atoms with Gasteiger partial charge in [-0.05, 0) is 44.5 Å². The van der Waals surface area contributed by atoms with Gasteiger partial charge < -0.3 is 52.1 Å². The van der Waals surface area contributed by atoms with Crippen molar-refractivity contribution in [2.75, 3.05) is 119 Å². The lowest BCUT2D eigenvalue weighted by molar-refractivity contribution is -0.00701. The molecule has 0 unspecified atom stereocenters. The van der Waals surface area contributed by atoms with E-state index in [9.17, 15) is 0 Å². The van der Waals surface area contributed by atoms with Crippen molar-refractivity contribution in [1.29, 1.82) is 0 Å². The first-order valence-corrected chi connectivity index (χ1v) is 20.3. The van der Waals surface area contributed by atoms with Gasteiger partial charge in [0.1, 0.15) is 49.4 Å². The van der Waals surface area contributed by atoms with Crippen LogP contribution in [-0.2, 0) is 58.8 Å². The molecule has 306 valence electrons. The minimum Gasteiger partial charge on any atom is -0.491 e. The highest BCUT2D eigenvalue weighted by Crippen LogP contribution is 2.39. The summed E-state index contributed by atoms with van der Waals surface area (Å²) in [5.41, 5.74) is 8.50. The SMILES string of the molecule is c1cc2c3c(c1)Cc1cccc4c1OCCOCCOCCOCCOc1c(cccc1C4)Cc1cccc(c1OCCOCCOCCOCCOCCO3)C2. The molecule has 11 nitrogen and oxygen atoms in total. The van der Waals surface area contributed by atoms with Crippen molar-refractivity contribution in [3.8, 4) is 23.0 Å². The molecule has 4 aromatic carbocycles. The summed E-state index contributed by atoms with van der Waals surface area (Å²) in [7, 11) is 0. The fraction of sp³-hybridized carbons (Fsp3) is 0.478. The van der Waals surface area contributed by atoms with E-state index < -0.39 is 0 Å². The van der Waals surface area contributed by atoms with Crippen molar-refractivity contribution in [1.82, 2.24) is 0 Å². The number of hydrogen-bond donors (Lipinski definition) is 0. The molecular formula is C46H56O11. The van der Waals surface area contributed by atoms with E-state index in [0.29, 0.717) is 145 Å². The maximum atomic E-state index is 6.68. The van der Waals surface area contributed by atoms with Crippen molar-refractivity contribution in [3.05, 3.63) is 117 Å². The zero-order valence-electron chi connectivity index (χ0n) is 33.0. The Kier molecular flexibility index (Phi) is 16.3. The number of ether oxygens (including phenoxy) is 11. The smallest absolute Gasteiger partial charge is 0.126 e. The molecule has 0 saturated heterocycles. The van der Waals surface area contributed by atoms with E-state index in [1.54, 1.807) is 0 Å². The first-order chi connectivity index (χ1) is 28.3. The van der Waals surface area contributed by atoms with Gasteiger partial charge in [-0.25, -0.2) is 0 Å². The van der Waals surface area contributed by atoms with E-state index in [0.717, 1.165) is 67.5 Å². The predicted octanol–water partition coefficient (Wildman–Crippen LogP) is 6.02.